The molecule has 5 atom stereocenters. The van der Waals surface area contributed by atoms with E-state index in [9.17, 15) is 43.5 Å². The monoisotopic (exact) mass is 1390 g/mol. The van der Waals surface area contributed by atoms with Gasteiger partial charge in [-0.1, -0.05) is 333 Å². The fraction of sp³-hybridized carbons (Fsp3) is 0.857. The van der Waals surface area contributed by atoms with Crippen molar-refractivity contribution in [2.45, 2.75) is 386 Å². The van der Waals surface area contributed by atoms with Crippen LogP contribution in [0.25, 0.3) is 0 Å². The van der Waals surface area contributed by atoms with E-state index < -0.39 is 91.5 Å². The molecule has 0 aliphatic carbocycles. The third-order valence-corrected chi connectivity index (χ3v) is 19.0. The number of aliphatic hydroxyl groups is 2. The molecule has 0 bridgehead atoms. The molecular formula is C77H144O16P2. The third-order valence-electron chi connectivity index (χ3n) is 17.1. The average molecular weight is 1390 g/mol. The van der Waals surface area contributed by atoms with Crippen LogP contribution in [-0.4, -0.2) is 95.9 Å². The Hall–Kier alpha value is -2.49. The van der Waals surface area contributed by atoms with E-state index in [1.165, 1.54) is 225 Å². The van der Waals surface area contributed by atoms with E-state index in [4.69, 9.17) is 32.3 Å². The van der Waals surface area contributed by atoms with Gasteiger partial charge in [-0.2, -0.15) is 0 Å². The van der Waals surface area contributed by atoms with Crippen LogP contribution in [0.2, 0.25) is 0 Å². The molecule has 16 nitrogen and oxygen atoms in total. The molecule has 558 valence electrons. The topological polar surface area (TPSA) is 231 Å². The SMILES string of the molecule is CCCCC/C=C\C/C=C\C/C=C\C/C=C\CCCCCCCCCCCCCCCCCC(=O)OCC(O)COP(=O)(O)OCC(O)COP(=O)(O)OCC(COC(=O)CCCCCCCCCCCCCCCCC)OC(=O)CCCCCCCCCCCCCCC. The molecule has 5 unspecified atom stereocenters. The van der Waals surface area contributed by atoms with Crippen molar-refractivity contribution in [3.05, 3.63) is 48.6 Å². The number of carbonyl (C=O) groups excluding carboxylic acids is 3. The highest BCUT2D eigenvalue weighted by atomic mass is 31.2. The Labute approximate surface area is 580 Å². The Morgan fingerprint density at radius 1 is 0.295 bits per heavy atom. The standard InChI is InChI=1S/C77H144O16P2/c1-4-7-10-13-16-19-22-25-27-28-29-30-31-32-33-34-35-36-37-38-39-40-41-42-44-47-48-51-54-57-60-63-75(80)87-66-72(78)67-89-94(83,84)90-68-73(79)69-91-95(85,86)92-71-74(93-77(82)65-62-59-56-53-50-45-24-21-18-15-12-9-6-3)70-88-76(81)64-61-58-55-52-49-46-43-26-23-20-17-14-11-8-5-2/h16,19,25,27,29-30,32-33,72-74,78-79H,4-15,17-18,20-24,26,28,31,34-71H2,1-3H3,(H,83,84)(H,85,86)/b19-16-,27-25-,30-29-,33-32-. The van der Waals surface area contributed by atoms with Gasteiger partial charge in [0.2, 0.25) is 0 Å². The van der Waals surface area contributed by atoms with E-state index >= 15 is 0 Å². The van der Waals surface area contributed by atoms with Crippen molar-refractivity contribution in [2.24, 2.45) is 0 Å². The van der Waals surface area contributed by atoms with E-state index in [0.29, 0.717) is 19.3 Å². The summed E-state index contributed by atoms with van der Waals surface area (Å²) in [6, 6.07) is 0. The highest BCUT2D eigenvalue weighted by Gasteiger charge is 2.29. The summed E-state index contributed by atoms with van der Waals surface area (Å²) < 4.78 is 61.0. The summed E-state index contributed by atoms with van der Waals surface area (Å²) in [4.78, 5) is 58.5. The predicted octanol–water partition coefficient (Wildman–Crippen LogP) is 22.3. The summed E-state index contributed by atoms with van der Waals surface area (Å²) in [7, 11) is -9.76. The van der Waals surface area contributed by atoms with Gasteiger partial charge in [-0.05, 0) is 64.2 Å². The largest absolute Gasteiger partial charge is 0.472 e. The van der Waals surface area contributed by atoms with Crippen LogP contribution in [0.3, 0.4) is 0 Å². The lowest BCUT2D eigenvalue weighted by Gasteiger charge is -2.21. The number of carbonyl (C=O) groups is 3. The van der Waals surface area contributed by atoms with Crippen LogP contribution in [0.1, 0.15) is 367 Å². The van der Waals surface area contributed by atoms with E-state index in [0.717, 1.165) is 83.5 Å². The number of unbranched alkanes of at least 4 members (excludes halogenated alkanes) is 44. The number of phosphoric acid groups is 2. The van der Waals surface area contributed by atoms with Gasteiger partial charge in [0.15, 0.2) is 6.10 Å². The molecule has 0 aliphatic rings. The third kappa shape index (κ3) is 72.6. The lowest BCUT2D eigenvalue weighted by molar-refractivity contribution is -0.161. The first-order chi connectivity index (χ1) is 46.2. The fourth-order valence-corrected chi connectivity index (χ4v) is 12.7. The Bertz CT molecular complexity index is 1930. The molecule has 0 aromatic rings. The summed E-state index contributed by atoms with van der Waals surface area (Å²) >= 11 is 0. The number of hydrogen-bond acceptors (Lipinski definition) is 14. The molecule has 0 saturated heterocycles. The van der Waals surface area contributed by atoms with Crippen LogP contribution in [-0.2, 0) is 55.8 Å². The van der Waals surface area contributed by atoms with Crippen molar-refractivity contribution in [3.8, 4) is 0 Å². The van der Waals surface area contributed by atoms with Gasteiger partial charge in [-0.25, -0.2) is 9.13 Å². The van der Waals surface area contributed by atoms with E-state index in [-0.39, 0.29) is 19.3 Å². The molecule has 0 aliphatic heterocycles. The van der Waals surface area contributed by atoms with Gasteiger partial charge in [-0.15, -0.1) is 0 Å². The van der Waals surface area contributed by atoms with Crippen LogP contribution >= 0.6 is 15.6 Å². The highest BCUT2D eigenvalue weighted by Crippen LogP contribution is 2.45. The van der Waals surface area contributed by atoms with Crippen molar-refractivity contribution in [3.63, 3.8) is 0 Å². The number of allylic oxidation sites excluding steroid dienone is 8. The Morgan fingerprint density at radius 3 is 0.853 bits per heavy atom. The van der Waals surface area contributed by atoms with E-state index in [2.05, 4.69) is 69.4 Å². The maximum Gasteiger partial charge on any atom is 0.472 e. The summed E-state index contributed by atoms with van der Waals surface area (Å²) in [6.07, 6.45) is 74.6. The molecule has 4 N–H and O–H groups in total. The quantitative estimate of drug-likeness (QED) is 0.0146. The van der Waals surface area contributed by atoms with Crippen molar-refractivity contribution in [1.82, 2.24) is 0 Å². The Balaban J connectivity index is 4.36. The van der Waals surface area contributed by atoms with Crippen LogP contribution in [0.15, 0.2) is 48.6 Å². The molecular weight excluding hydrogens is 1240 g/mol. The first-order valence-electron chi connectivity index (χ1n) is 38.9. The molecule has 0 aromatic carbocycles. The van der Waals surface area contributed by atoms with Gasteiger partial charge < -0.3 is 34.2 Å². The van der Waals surface area contributed by atoms with E-state index in [1.54, 1.807) is 0 Å². The Kier molecular flexibility index (Phi) is 69.5. The van der Waals surface area contributed by atoms with Crippen LogP contribution < -0.4 is 0 Å². The number of ether oxygens (including phenoxy) is 3. The minimum Gasteiger partial charge on any atom is -0.463 e. The molecule has 0 heterocycles. The molecule has 0 aromatic heterocycles. The highest BCUT2D eigenvalue weighted by molar-refractivity contribution is 7.47. The maximum absolute atomic E-state index is 12.9. The zero-order valence-electron chi connectivity index (χ0n) is 60.9. The van der Waals surface area contributed by atoms with Crippen LogP contribution in [0, 0.1) is 0 Å². The number of hydrogen-bond donors (Lipinski definition) is 4. The van der Waals surface area contributed by atoms with E-state index in [1.807, 2.05) is 0 Å². The smallest absolute Gasteiger partial charge is 0.463 e. The lowest BCUT2D eigenvalue weighted by atomic mass is 10.0. The van der Waals surface area contributed by atoms with Gasteiger partial charge in [0.05, 0.1) is 26.4 Å². The summed E-state index contributed by atoms with van der Waals surface area (Å²) in [6.45, 7) is 2.72. The number of aliphatic hydroxyl groups excluding tert-OH is 2. The summed E-state index contributed by atoms with van der Waals surface area (Å²) in [5.74, 6) is -1.55. The molecule has 95 heavy (non-hydrogen) atoms. The lowest BCUT2D eigenvalue weighted by Crippen LogP contribution is -2.30. The first-order valence-corrected chi connectivity index (χ1v) is 41.9. The Morgan fingerprint density at radius 2 is 0.526 bits per heavy atom. The first kappa shape index (κ1) is 92.5. The minimum absolute atomic E-state index is 0.114. The van der Waals surface area contributed by atoms with Crippen molar-refractivity contribution < 1.29 is 75.8 Å². The van der Waals surface area contributed by atoms with Crippen LogP contribution in [0.5, 0.6) is 0 Å². The number of rotatable bonds is 75. The van der Waals surface area contributed by atoms with Gasteiger partial charge >= 0.3 is 33.6 Å². The zero-order valence-corrected chi connectivity index (χ0v) is 62.6. The number of phosphoric ester groups is 2. The van der Waals surface area contributed by atoms with Gasteiger partial charge in [-0.3, -0.25) is 32.5 Å². The van der Waals surface area contributed by atoms with Crippen LogP contribution in [0.4, 0.5) is 0 Å². The molecule has 0 fully saturated rings. The predicted molar refractivity (Wildman–Crippen MR) is 390 cm³/mol. The molecule has 0 amide bonds. The molecule has 18 heteroatoms. The molecule has 0 radical (unpaired) electrons. The summed E-state index contributed by atoms with van der Waals surface area (Å²) in [5, 5.41) is 20.6. The van der Waals surface area contributed by atoms with Crippen molar-refractivity contribution in [2.75, 3.05) is 39.6 Å². The van der Waals surface area contributed by atoms with Crippen molar-refractivity contribution >= 4 is 33.6 Å². The minimum atomic E-state index is -4.91. The molecule has 0 saturated carbocycles. The zero-order chi connectivity index (χ0) is 69.5. The van der Waals surface area contributed by atoms with Gasteiger partial charge in [0.25, 0.3) is 0 Å². The molecule has 0 spiro atoms. The summed E-state index contributed by atoms with van der Waals surface area (Å²) in [5.41, 5.74) is 0. The number of esters is 3. The second-order valence-corrected chi connectivity index (χ2v) is 29.4. The fourth-order valence-electron chi connectivity index (χ4n) is 11.1. The van der Waals surface area contributed by atoms with Gasteiger partial charge in [0.1, 0.15) is 25.4 Å². The molecule has 0 rings (SSSR count). The second-order valence-electron chi connectivity index (χ2n) is 26.5. The second kappa shape index (κ2) is 71.3. The normalized spacial score (nSPS) is 14.3. The van der Waals surface area contributed by atoms with Crippen molar-refractivity contribution in [1.29, 1.82) is 0 Å². The van der Waals surface area contributed by atoms with Gasteiger partial charge in [0, 0.05) is 19.3 Å². The average Bonchev–Trinajstić information content (AvgIpc) is 1.75. The maximum atomic E-state index is 12.9.